The Balaban J connectivity index is 1.71. The highest BCUT2D eigenvalue weighted by atomic mass is 35.5. The molecule has 126 valence electrons. The number of fused-ring (bicyclic) bond motifs is 1. The van der Waals surface area contributed by atoms with Crippen LogP contribution >= 0.6 is 11.6 Å². The Hall–Kier alpha value is -3.36. The maximum absolute atomic E-state index is 9.35. The molecule has 2 aromatic carbocycles. The lowest BCUT2D eigenvalue weighted by molar-refractivity contribution is 0.800. The molecule has 0 saturated heterocycles. The third-order valence-electron chi connectivity index (χ3n) is 4.16. The van der Waals surface area contributed by atoms with Crippen LogP contribution in [0.15, 0.2) is 66.0 Å². The van der Waals surface area contributed by atoms with Crippen LogP contribution < -0.4 is 0 Å². The number of rotatable bonds is 4. The number of aliphatic imine (C=N–C) groups is 1. The van der Waals surface area contributed by atoms with Crippen LogP contribution in [-0.4, -0.2) is 20.7 Å². The zero-order valence-corrected chi connectivity index (χ0v) is 14.5. The van der Waals surface area contributed by atoms with Crippen molar-refractivity contribution in [2.24, 2.45) is 4.99 Å². The highest BCUT2D eigenvalue weighted by Crippen LogP contribution is 2.23. The van der Waals surface area contributed by atoms with Gasteiger partial charge in [-0.2, -0.15) is 5.26 Å². The van der Waals surface area contributed by atoms with E-state index in [9.17, 15) is 5.26 Å². The van der Waals surface area contributed by atoms with Crippen molar-refractivity contribution in [3.05, 3.63) is 82.9 Å². The molecule has 0 aliphatic carbocycles. The van der Waals surface area contributed by atoms with Crippen LogP contribution in [0, 0.1) is 11.3 Å². The molecule has 0 spiro atoms. The summed E-state index contributed by atoms with van der Waals surface area (Å²) in [5.74, 6) is 0.512. The van der Waals surface area contributed by atoms with Gasteiger partial charge in [0.25, 0.3) is 0 Å². The van der Waals surface area contributed by atoms with E-state index >= 15 is 0 Å². The lowest BCUT2D eigenvalue weighted by Gasteiger charge is -2.07. The van der Waals surface area contributed by atoms with Crippen LogP contribution in [-0.2, 0) is 6.54 Å². The number of hydrogen-bond donors (Lipinski definition) is 1. The fourth-order valence-electron chi connectivity index (χ4n) is 2.85. The molecule has 4 rings (SSSR count). The Morgan fingerprint density at radius 2 is 2.00 bits per heavy atom. The average molecular weight is 360 g/mol. The molecule has 0 saturated carbocycles. The van der Waals surface area contributed by atoms with E-state index in [0.29, 0.717) is 17.4 Å². The fraction of sp³-hybridized carbons (Fsp3) is 0.0500. The number of benzene rings is 2. The fourth-order valence-corrected chi connectivity index (χ4v) is 3.04. The molecule has 0 aliphatic heterocycles. The highest BCUT2D eigenvalue weighted by molar-refractivity contribution is 6.31. The van der Waals surface area contributed by atoms with E-state index in [-0.39, 0.29) is 5.69 Å². The van der Waals surface area contributed by atoms with Gasteiger partial charge in [0.1, 0.15) is 6.07 Å². The van der Waals surface area contributed by atoms with Gasteiger partial charge < -0.3 is 9.55 Å². The van der Waals surface area contributed by atoms with Gasteiger partial charge >= 0.3 is 0 Å². The maximum Gasteiger partial charge on any atom is 0.185 e. The normalized spacial score (nSPS) is 11.2. The molecule has 6 heteroatoms. The molecular weight excluding hydrogens is 346 g/mol. The SMILES string of the molecule is N#Cc1ncn(Cc2ccccc2Cl)c1/N=C/c1c[nH]c2ccccc12. The van der Waals surface area contributed by atoms with E-state index in [1.165, 1.54) is 0 Å². The first-order valence-electron chi connectivity index (χ1n) is 8.05. The van der Waals surface area contributed by atoms with Crippen LogP contribution in [0.2, 0.25) is 5.02 Å². The van der Waals surface area contributed by atoms with E-state index < -0.39 is 0 Å². The molecule has 0 aliphatic rings. The lowest BCUT2D eigenvalue weighted by atomic mass is 10.2. The van der Waals surface area contributed by atoms with Crippen LogP contribution in [0.3, 0.4) is 0 Å². The quantitative estimate of drug-likeness (QED) is 0.537. The average Bonchev–Trinajstić information content (AvgIpc) is 3.25. The van der Waals surface area contributed by atoms with E-state index in [2.05, 4.69) is 21.0 Å². The smallest absolute Gasteiger partial charge is 0.185 e. The Kier molecular flexibility index (Phi) is 4.26. The van der Waals surface area contributed by atoms with Gasteiger partial charge in [-0.05, 0) is 17.7 Å². The van der Waals surface area contributed by atoms with Crippen LogP contribution in [0.4, 0.5) is 5.82 Å². The van der Waals surface area contributed by atoms with Crippen LogP contribution in [0.25, 0.3) is 10.9 Å². The predicted molar refractivity (Wildman–Crippen MR) is 103 cm³/mol. The molecule has 1 N–H and O–H groups in total. The van der Waals surface area contributed by atoms with Crippen molar-refractivity contribution in [3.8, 4) is 6.07 Å². The molecule has 0 fully saturated rings. The first-order chi connectivity index (χ1) is 12.8. The van der Waals surface area contributed by atoms with Crippen molar-refractivity contribution < 1.29 is 0 Å². The van der Waals surface area contributed by atoms with E-state index in [1.807, 2.05) is 59.3 Å². The Labute approximate surface area is 155 Å². The highest BCUT2D eigenvalue weighted by Gasteiger charge is 2.11. The number of nitrogens with zero attached hydrogens (tertiary/aromatic N) is 4. The summed E-state index contributed by atoms with van der Waals surface area (Å²) in [6.07, 6.45) is 5.26. The molecule has 2 heterocycles. The van der Waals surface area contributed by atoms with E-state index in [4.69, 9.17) is 11.6 Å². The number of aromatic amines is 1. The van der Waals surface area contributed by atoms with Crippen LogP contribution in [0.1, 0.15) is 16.8 Å². The van der Waals surface area contributed by atoms with Crippen LogP contribution in [0.5, 0.6) is 0 Å². The molecule has 0 atom stereocenters. The standard InChI is InChI=1S/C20H14ClN5/c21-17-7-3-1-5-14(17)12-26-13-25-19(9-22)20(26)24-11-15-10-23-18-8-4-2-6-16(15)18/h1-8,10-11,13,23H,12H2/b24-11+. The van der Waals surface area contributed by atoms with Gasteiger partial charge in [-0.15, -0.1) is 0 Å². The first-order valence-corrected chi connectivity index (χ1v) is 8.43. The lowest BCUT2D eigenvalue weighted by Crippen LogP contribution is -1.98. The summed E-state index contributed by atoms with van der Waals surface area (Å²) in [7, 11) is 0. The van der Waals surface area contributed by atoms with Crippen molar-refractivity contribution in [2.75, 3.05) is 0 Å². The second-order valence-electron chi connectivity index (χ2n) is 5.80. The number of aromatic nitrogens is 3. The molecule has 2 aromatic heterocycles. The van der Waals surface area contributed by atoms with Gasteiger partial charge in [0.15, 0.2) is 11.5 Å². The Bertz CT molecular complexity index is 1150. The van der Waals surface area contributed by atoms with Crippen molar-refractivity contribution >= 4 is 34.5 Å². The zero-order chi connectivity index (χ0) is 17.9. The topological polar surface area (TPSA) is 69.8 Å². The van der Waals surface area contributed by atoms with Crippen molar-refractivity contribution in [1.29, 1.82) is 5.26 Å². The monoisotopic (exact) mass is 359 g/mol. The van der Waals surface area contributed by atoms with E-state index in [0.717, 1.165) is 22.0 Å². The molecule has 0 radical (unpaired) electrons. The number of imidazole rings is 1. The van der Waals surface area contributed by atoms with Crippen molar-refractivity contribution in [2.45, 2.75) is 6.54 Å². The van der Waals surface area contributed by atoms with Gasteiger partial charge in [-0.1, -0.05) is 48.0 Å². The summed E-state index contributed by atoms with van der Waals surface area (Å²) in [6.45, 7) is 0.495. The minimum Gasteiger partial charge on any atom is -0.361 e. The van der Waals surface area contributed by atoms with Gasteiger partial charge in [0.05, 0.1) is 12.9 Å². The predicted octanol–water partition coefficient (Wildman–Crippen LogP) is 4.69. The zero-order valence-electron chi connectivity index (χ0n) is 13.7. The van der Waals surface area contributed by atoms with Gasteiger partial charge in [-0.3, -0.25) is 0 Å². The summed E-state index contributed by atoms with van der Waals surface area (Å²) in [5.41, 5.74) is 3.22. The molecule has 5 nitrogen and oxygen atoms in total. The summed E-state index contributed by atoms with van der Waals surface area (Å²) < 4.78 is 1.82. The Morgan fingerprint density at radius 1 is 1.19 bits per heavy atom. The number of nitrogens with one attached hydrogen (secondary N) is 1. The summed E-state index contributed by atoms with van der Waals surface area (Å²) in [6, 6.07) is 17.7. The molecular formula is C20H14ClN5. The van der Waals surface area contributed by atoms with Gasteiger partial charge in [-0.25, -0.2) is 9.98 Å². The third kappa shape index (κ3) is 2.99. The number of hydrogen-bond acceptors (Lipinski definition) is 3. The van der Waals surface area contributed by atoms with Crippen molar-refractivity contribution in [1.82, 2.24) is 14.5 Å². The molecule has 0 bridgehead atoms. The summed E-state index contributed by atoms with van der Waals surface area (Å²) in [4.78, 5) is 11.9. The van der Waals surface area contributed by atoms with E-state index in [1.54, 1.807) is 12.5 Å². The minimum atomic E-state index is 0.285. The number of para-hydroxylation sites is 1. The molecule has 26 heavy (non-hydrogen) atoms. The number of halogens is 1. The third-order valence-corrected chi connectivity index (χ3v) is 4.53. The summed E-state index contributed by atoms with van der Waals surface area (Å²) in [5, 5.41) is 11.1. The molecule has 4 aromatic rings. The minimum absolute atomic E-state index is 0.285. The van der Waals surface area contributed by atoms with Gasteiger partial charge in [0.2, 0.25) is 0 Å². The first kappa shape index (κ1) is 16.1. The number of H-pyrrole nitrogens is 1. The molecule has 0 amide bonds. The summed E-state index contributed by atoms with van der Waals surface area (Å²) >= 11 is 6.25. The largest absolute Gasteiger partial charge is 0.361 e. The maximum atomic E-state index is 9.35. The Morgan fingerprint density at radius 3 is 2.85 bits per heavy atom. The van der Waals surface area contributed by atoms with Crippen molar-refractivity contribution in [3.63, 3.8) is 0 Å². The second kappa shape index (κ2) is 6.87. The molecule has 0 unspecified atom stereocenters. The number of nitriles is 1. The second-order valence-corrected chi connectivity index (χ2v) is 6.20. The van der Waals surface area contributed by atoms with Gasteiger partial charge in [0, 0.05) is 33.9 Å².